The molecule has 1 aromatic carbocycles. The molecule has 6 nitrogen and oxygen atoms in total. The van der Waals surface area contributed by atoms with E-state index >= 15 is 0 Å². The molecule has 24 heavy (non-hydrogen) atoms. The standard InChI is InChI=1S/C17H13N5OS/c1-11-6-7-16(24-11)15-8-13(12-4-2-3-5-14(12)20-15)17(23)21-22-9-18-19-10-22/h2-10H,1H3,(H,21,23). The number of thiophene rings is 1. The van der Waals surface area contributed by atoms with Crippen LogP contribution in [-0.4, -0.2) is 25.8 Å². The maximum atomic E-state index is 12.7. The molecule has 118 valence electrons. The number of nitrogens with zero attached hydrogens (tertiary/aromatic N) is 4. The third-order valence-corrected chi connectivity index (χ3v) is 4.63. The summed E-state index contributed by atoms with van der Waals surface area (Å²) in [7, 11) is 0. The van der Waals surface area contributed by atoms with Gasteiger partial charge in [-0.2, -0.15) is 0 Å². The van der Waals surface area contributed by atoms with Crippen LogP contribution in [-0.2, 0) is 0 Å². The molecule has 4 rings (SSSR count). The van der Waals surface area contributed by atoms with Crippen molar-refractivity contribution in [2.75, 3.05) is 5.43 Å². The molecule has 0 atom stereocenters. The number of aromatic nitrogens is 4. The zero-order valence-electron chi connectivity index (χ0n) is 12.8. The van der Waals surface area contributed by atoms with E-state index in [2.05, 4.69) is 22.5 Å². The van der Waals surface area contributed by atoms with E-state index in [0.717, 1.165) is 21.5 Å². The Kier molecular flexibility index (Phi) is 3.55. The number of carbonyl (C=O) groups excluding carboxylic acids is 1. The summed E-state index contributed by atoms with van der Waals surface area (Å²) in [6, 6.07) is 13.5. The second-order valence-electron chi connectivity index (χ2n) is 5.29. The van der Waals surface area contributed by atoms with E-state index in [0.29, 0.717) is 5.56 Å². The van der Waals surface area contributed by atoms with Crippen LogP contribution < -0.4 is 5.43 Å². The molecule has 0 radical (unpaired) electrons. The highest BCUT2D eigenvalue weighted by molar-refractivity contribution is 7.15. The summed E-state index contributed by atoms with van der Waals surface area (Å²) < 4.78 is 1.42. The fourth-order valence-corrected chi connectivity index (χ4v) is 3.33. The van der Waals surface area contributed by atoms with Gasteiger partial charge in [0.2, 0.25) is 0 Å². The van der Waals surface area contributed by atoms with Crippen LogP contribution in [0.4, 0.5) is 0 Å². The SMILES string of the molecule is Cc1ccc(-c2cc(C(=O)Nn3cnnc3)c3ccccc3n2)s1. The van der Waals surface area contributed by atoms with Gasteiger partial charge in [0.05, 0.1) is 21.7 Å². The Morgan fingerprint density at radius 1 is 1.12 bits per heavy atom. The molecule has 7 heteroatoms. The Hall–Kier alpha value is -3.06. The van der Waals surface area contributed by atoms with Crippen LogP contribution in [0.3, 0.4) is 0 Å². The fraction of sp³-hybridized carbons (Fsp3) is 0.0588. The summed E-state index contributed by atoms with van der Waals surface area (Å²) in [6.45, 7) is 2.05. The number of aryl methyl sites for hydroxylation is 1. The van der Waals surface area contributed by atoms with Gasteiger partial charge < -0.3 is 0 Å². The lowest BCUT2D eigenvalue weighted by atomic mass is 10.1. The van der Waals surface area contributed by atoms with Crippen LogP contribution in [0.1, 0.15) is 15.2 Å². The molecule has 3 aromatic heterocycles. The third kappa shape index (κ3) is 2.65. The quantitative estimate of drug-likeness (QED) is 0.624. The average Bonchev–Trinajstić information content (AvgIpc) is 3.25. The summed E-state index contributed by atoms with van der Waals surface area (Å²) in [5.41, 5.74) is 4.89. The first-order chi connectivity index (χ1) is 11.7. The van der Waals surface area contributed by atoms with Gasteiger partial charge in [-0.05, 0) is 31.2 Å². The largest absolute Gasteiger partial charge is 0.270 e. The summed E-state index contributed by atoms with van der Waals surface area (Å²) >= 11 is 1.66. The predicted molar refractivity (Wildman–Crippen MR) is 93.5 cm³/mol. The van der Waals surface area contributed by atoms with Crippen molar-refractivity contribution in [3.8, 4) is 10.6 Å². The van der Waals surface area contributed by atoms with E-state index in [1.807, 2.05) is 42.5 Å². The van der Waals surface area contributed by atoms with Crippen molar-refractivity contribution in [1.29, 1.82) is 0 Å². The molecule has 0 fully saturated rings. The lowest BCUT2D eigenvalue weighted by Crippen LogP contribution is -2.22. The van der Waals surface area contributed by atoms with E-state index in [4.69, 9.17) is 4.98 Å². The number of rotatable bonds is 3. The predicted octanol–water partition coefficient (Wildman–Crippen LogP) is 3.25. The smallest absolute Gasteiger partial charge is 0.267 e. The number of amides is 1. The summed E-state index contributed by atoms with van der Waals surface area (Å²) in [5.74, 6) is -0.233. The van der Waals surface area contributed by atoms with E-state index < -0.39 is 0 Å². The molecule has 0 saturated heterocycles. The van der Waals surface area contributed by atoms with E-state index in [-0.39, 0.29) is 5.91 Å². The molecule has 0 unspecified atom stereocenters. The summed E-state index contributed by atoms with van der Waals surface area (Å²) in [4.78, 5) is 19.6. The molecule has 0 aliphatic heterocycles. The molecule has 4 aromatic rings. The van der Waals surface area contributed by atoms with Crippen LogP contribution in [0, 0.1) is 6.92 Å². The molecule has 1 amide bonds. The maximum absolute atomic E-state index is 12.7. The lowest BCUT2D eigenvalue weighted by molar-refractivity contribution is 0.101. The van der Waals surface area contributed by atoms with Crippen LogP contribution in [0.25, 0.3) is 21.5 Å². The molecule has 0 bridgehead atoms. The second kappa shape index (κ2) is 5.86. The number of benzene rings is 1. The first-order valence-corrected chi connectivity index (χ1v) is 8.15. The molecular formula is C17H13N5OS. The normalized spacial score (nSPS) is 10.9. The zero-order valence-corrected chi connectivity index (χ0v) is 13.6. The highest BCUT2D eigenvalue weighted by Gasteiger charge is 2.15. The summed E-state index contributed by atoms with van der Waals surface area (Å²) in [6.07, 6.45) is 2.87. The fourth-order valence-electron chi connectivity index (χ4n) is 2.50. The Morgan fingerprint density at radius 3 is 2.67 bits per heavy atom. The monoisotopic (exact) mass is 335 g/mol. The van der Waals surface area contributed by atoms with Gasteiger partial charge in [0.15, 0.2) is 0 Å². The van der Waals surface area contributed by atoms with Crippen molar-refractivity contribution >= 4 is 28.1 Å². The minimum atomic E-state index is -0.233. The number of pyridine rings is 1. The Labute approximate surface area is 141 Å². The van der Waals surface area contributed by atoms with Crippen LogP contribution in [0.5, 0.6) is 0 Å². The maximum Gasteiger partial charge on any atom is 0.270 e. The van der Waals surface area contributed by atoms with Gasteiger partial charge in [-0.1, -0.05) is 18.2 Å². The van der Waals surface area contributed by atoms with Gasteiger partial charge in [-0.25, -0.2) is 9.66 Å². The van der Waals surface area contributed by atoms with E-state index in [1.54, 1.807) is 11.3 Å². The zero-order chi connectivity index (χ0) is 16.5. The minimum absolute atomic E-state index is 0.233. The van der Waals surface area contributed by atoms with Crippen molar-refractivity contribution in [3.63, 3.8) is 0 Å². The van der Waals surface area contributed by atoms with Gasteiger partial charge in [-0.3, -0.25) is 10.2 Å². The Balaban J connectivity index is 1.84. The number of hydrogen-bond acceptors (Lipinski definition) is 5. The van der Waals surface area contributed by atoms with Crippen molar-refractivity contribution in [2.45, 2.75) is 6.92 Å². The van der Waals surface area contributed by atoms with Gasteiger partial charge in [0.25, 0.3) is 5.91 Å². The van der Waals surface area contributed by atoms with Crippen molar-refractivity contribution < 1.29 is 4.79 Å². The second-order valence-corrected chi connectivity index (χ2v) is 6.58. The number of hydrogen-bond donors (Lipinski definition) is 1. The van der Waals surface area contributed by atoms with E-state index in [9.17, 15) is 4.79 Å². The molecule has 1 N–H and O–H groups in total. The number of carbonyl (C=O) groups is 1. The number of fused-ring (bicyclic) bond motifs is 1. The summed E-state index contributed by atoms with van der Waals surface area (Å²) in [5, 5.41) is 8.18. The van der Waals surface area contributed by atoms with Gasteiger partial charge >= 0.3 is 0 Å². The van der Waals surface area contributed by atoms with Crippen LogP contribution >= 0.6 is 11.3 Å². The van der Waals surface area contributed by atoms with Crippen LogP contribution in [0.2, 0.25) is 0 Å². The molecule has 3 heterocycles. The van der Waals surface area contributed by atoms with Crippen LogP contribution in [0.15, 0.2) is 55.1 Å². The Bertz CT molecular complexity index is 1020. The highest BCUT2D eigenvalue weighted by atomic mass is 32.1. The number of para-hydroxylation sites is 1. The van der Waals surface area contributed by atoms with Gasteiger partial charge in [0, 0.05) is 10.3 Å². The van der Waals surface area contributed by atoms with Gasteiger partial charge in [0.1, 0.15) is 12.7 Å². The van der Waals surface area contributed by atoms with Crippen molar-refractivity contribution in [3.05, 3.63) is 65.6 Å². The van der Waals surface area contributed by atoms with E-state index in [1.165, 1.54) is 22.2 Å². The highest BCUT2D eigenvalue weighted by Crippen LogP contribution is 2.29. The van der Waals surface area contributed by atoms with Crippen molar-refractivity contribution in [2.24, 2.45) is 0 Å². The van der Waals surface area contributed by atoms with Crippen molar-refractivity contribution in [1.82, 2.24) is 19.9 Å². The molecular weight excluding hydrogens is 322 g/mol. The Morgan fingerprint density at radius 2 is 1.92 bits per heavy atom. The average molecular weight is 335 g/mol. The lowest BCUT2D eigenvalue weighted by Gasteiger charge is -2.09. The first kappa shape index (κ1) is 14.5. The molecule has 0 aliphatic rings. The topological polar surface area (TPSA) is 72.7 Å². The first-order valence-electron chi connectivity index (χ1n) is 7.33. The molecule has 0 saturated carbocycles. The number of nitrogens with one attached hydrogen (secondary N) is 1. The third-order valence-electron chi connectivity index (χ3n) is 3.60. The van der Waals surface area contributed by atoms with Gasteiger partial charge in [-0.15, -0.1) is 21.5 Å². The molecule has 0 aliphatic carbocycles. The minimum Gasteiger partial charge on any atom is -0.267 e. The molecule has 0 spiro atoms.